The molecule has 54 valence electrons. The first kappa shape index (κ1) is 7.82. The van der Waals surface area contributed by atoms with E-state index in [9.17, 15) is 0 Å². The molecule has 0 saturated carbocycles. The molecule has 0 bridgehead atoms. The molecule has 0 atom stereocenters. The largest absolute Gasteiger partial charge is 0.494 e. The molecule has 1 aromatic heterocycles. The van der Waals surface area contributed by atoms with Crippen molar-refractivity contribution < 1.29 is 4.74 Å². The molecule has 2 nitrogen and oxygen atoms in total. The minimum atomic E-state index is 0.553. The summed E-state index contributed by atoms with van der Waals surface area (Å²) in [6, 6.07) is 0. The average molecular weight is 222 g/mol. The minimum Gasteiger partial charge on any atom is -0.494 e. The van der Waals surface area contributed by atoms with Gasteiger partial charge >= 0.3 is 0 Å². The Balaban J connectivity index is 3.14. The molecule has 1 rings (SSSR count). The summed E-state index contributed by atoms with van der Waals surface area (Å²) in [5, 5.41) is 0.553. The van der Waals surface area contributed by atoms with E-state index in [1.54, 1.807) is 19.5 Å². The van der Waals surface area contributed by atoms with Crippen molar-refractivity contribution >= 4 is 27.5 Å². The molecule has 0 unspecified atom stereocenters. The number of rotatable bonds is 1. The second-order valence-corrected chi connectivity index (χ2v) is 2.87. The fourth-order valence-corrected chi connectivity index (χ4v) is 1.03. The zero-order valence-corrected chi connectivity index (χ0v) is 7.61. The molecule has 0 radical (unpaired) electrons. The molecule has 0 aromatic carbocycles. The zero-order valence-electron chi connectivity index (χ0n) is 5.27. The Labute approximate surface area is 72.3 Å². The second kappa shape index (κ2) is 3.21. The summed E-state index contributed by atoms with van der Waals surface area (Å²) in [5.41, 5.74) is 0. The average Bonchev–Trinajstić information content (AvgIpc) is 1.95. The van der Waals surface area contributed by atoms with Crippen molar-refractivity contribution in [2.24, 2.45) is 0 Å². The van der Waals surface area contributed by atoms with E-state index in [0.29, 0.717) is 10.8 Å². The van der Waals surface area contributed by atoms with Crippen LogP contribution in [0, 0.1) is 0 Å². The van der Waals surface area contributed by atoms with Crippen molar-refractivity contribution in [3.63, 3.8) is 0 Å². The van der Waals surface area contributed by atoms with Gasteiger partial charge in [0.1, 0.15) is 0 Å². The molecule has 0 fully saturated rings. The van der Waals surface area contributed by atoms with E-state index in [4.69, 9.17) is 16.3 Å². The third-order valence-electron chi connectivity index (χ3n) is 1.03. The monoisotopic (exact) mass is 221 g/mol. The SMILES string of the molecule is COc1cncc(Br)c1Cl. The number of halogens is 2. The molecule has 0 aliphatic carbocycles. The summed E-state index contributed by atoms with van der Waals surface area (Å²) in [6.07, 6.45) is 3.18. The fourth-order valence-electron chi connectivity index (χ4n) is 0.544. The van der Waals surface area contributed by atoms with Gasteiger partial charge in [-0.05, 0) is 15.9 Å². The molecular weight excluding hydrogens is 217 g/mol. The molecule has 0 N–H and O–H groups in total. The van der Waals surface area contributed by atoms with Crippen LogP contribution in [0.25, 0.3) is 0 Å². The lowest BCUT2D eigenvalue weighted by Gasteiger charge is -2.01. The number of ether oxygens (including phenoxy) is 1. The summed E-state index contributed by atoms with van der Waals surface area (Å²) in [6.45, 7) is 0. The van der Waals surface area contributed by atoms with Crippen LogP contribution in [-0.4, -0.2) is 12.1 Å². The Bertz CT molecular complexity index is 241. The molecule has 0 aliphatic rings. The molecule has 1 heterocycles. The fraction of sp³-hybridized carbons (Fsp3) is 0.167. The Morgan fingerprint density at radius 1 is 1.60 bits per heavy atom. The van der Waals surface area contributed by atoms with Gasteiger partial charge in [0.05, 0.1) is 22.8 Å². The van der Waals surface area contributed by atoms with E-state index in [1.165, 1.54) is 0 Å². The standard InChI is InChI=1S/C6H5BrClNO/c1-10-5-3-9-2-4(7)6(5)8/h2-3H,1H3. The van der Waals surface area contributed by atoms with E-state index >= 15 is 0 Å². The lowest BCUT2D eigenvalue weighted by molar-refractivity contribution is 0.413. The Hall–Kier alpha value is -0.280. The van der Waals surface area contributed by atoms with E-state index in [-0.39, 0.29) is 0 Å². The van der Waals surface area contributed by atoms with Crippen LogP contribution in [0.3, 0.4) is 0 Å². The van der Waals surface area contributed by atoms with Gasteiger partial charge in [0, 0.05) is 6.20 Å². The number of aromatic nitrogens is 1. The highest BCUT2D eigenvalue weighted by Gasteiger charge is 2.02. The van der Waals surface area contributed by atoms with Gasteiger partial charge in [-0.2, -0.15) is 0 Å². The maximum absolute atomic E-state index is 5.78. The maximum Gasteiger partial charge on any atom is 0.156 e. The molecule has 1 aromatic rings. The van der Waals surface area contributed by atoms with Gasteiger partial charge in [0.25, 0.3) is 0 Å². The highest BCUT2D eigenvalue weighted by atomic mass is 79.9. The van der Waals surface area contributed by atoms with Crippen LogP contribution < -0.4 is 4.74 Å². The Morgan fingerprint density at radius 2 is 2.30 bits per heavy atom. The van der Waals surface area contributed by atoms with E-state index in [2.05, 4.69) is 20.9 Å². The maximum atomic E-state index is 5.78. The van der Waals surface area contributed by atoms with Gasteiger partial charge in [0.2, 0.25) is 0 Å². The van der Waals surface area contributed by atoms with Crippen molar-refractivity contribution in [3.8, 4) is 5.75 Å². The normalized spacial score (nSPS) is 9.50. The van der Waals surface area contributed by atoms with Gasteiger partial charge in [-0.25, -0.2) is 0 Å². The lowest BCUT2D eigenvalue weighted by atomic mass is 10.5. The molecular formula is C6H5BrClNO. The third-order valence-corrected chi connectivity index (χ3v) is 2.24. The van der Waals surface area contributed by atoms with Crippen LogP contribution in [0.15, 0.2) is 16.9 Å². The molecule has 0 aliphatic heterocycles. The van der Waals surface area contributed by atoms with Crippen LogP contribution >= 0.6 is 27.5 Å². The number of hydrogen-bond acceptors (Lipinski definition) is 2. The lowest BCUT2D eigenvalue weighted by Crippen LogP contribution is -1.85. The number of pyridine rings is 1. The zero-order chi connectivity index (χ0) is 7.56. The van der Waals surface area contributed by atoms with Gasteiger partial charge in [-0.1, -0.05) is 11.6 Å². The summed E-state index contributed by atoms with van der Waals surface area (Å²) in [5.74, 6) is 0.580. The van der Waals surface area contributed by atoms with Crippen LogP contribution in [0.4, 0.5) is 0 Å². The smallest absolute Gasteiger partial charge is 0.156 e. The van der Waals surface area contributed by atoms with Crippen LogP contribution in [0.2, 0.25) is 5.02 Å². The van der Waals surface area contributed by atoms with Crippen molar-refractivity contribution in [1.29, 1.82) is 0 Å². The van der Waals surface area contributed by atoms with Crippen molar-refractivity contribution in [2.75, 3.05) is 7.11 Å². The quantitative estimate of drug-likeness (QED) is 0.728. The van der Waals surface area contributed by atoms with Gasteiger partial charge in [-0.15, -0.1) is 0 Å². The second-order valence-electron chi connectivity index (χ2n) is 1.64. The van der Waals surface area contributed by atoms with Crippen LogP contribution in [0.1, 0.15) is 0 Å². The van der Waals surface area contributed by atoms with Crippen LogP contribution in [-0.2, 0) is 0 Å². The van der Waals surface area contributed by atoms with E-state index < -0.39 is 0 Å². The Kier molecular flexibility index (Phi) is 2.51. The van der Waals surface area contributed by atoms with Gasteiger partial charge in [-0.3, -0.25) is 4.98 Å². The van der Waals surface area contributed by atoms with Crippen molar-refractivity contribution in [1.82, 2.24) is 4.98 Å². The highest BCUT2D eigenvalue weighted by molar-refractivity contribution is 9.10. The predicted molar refractivity (Wildman–Crippen MR) is 43.5 cm³/mol. The van der Waals surface area contributed by atoms with Gasteiger partial charge in [0.15, 0.2) is 5.75 Å². The third kappa shape index (κ3) is 1.41. The van der Waals surface area contributed by atoms with Crippen molar-refractivity contribution in [2.45, 2.75) is 0 Å². The van der Waals surface area contributed by atoms with E-state index in [0.717, 1.165) is 4.47 Å². The number of hydrogen-bond donors (Lipinski definition) is 0. The first-order valence-corrected chi connectivity index (χ1v) is 3.76. The summed E-state index contributed by atoms with van der Waals surface area (Å²) >= 11 is 8.99. The molecule has 0 amide bonds. The minimum absolute atomic E-state index is 0.553. The first-order valence-electron chi connectivity index (χ1n) is 2.58. The van der Waals surface area contributed by atoms with E-state index in [1.807, 2.05) is 0 Å². The Morgan fingerprint density at radius 3 is 2.80 bits per heavy atom. The highest BCUT2D eigenvalue weighted by Crippen LogP contribution is 2.29. The summed E-state index contributed by atoms with van der Waals surface area (Å²) < 4.78 is 5.65. The number of methoxy groups -OCH3 is 1. The molecule has 10 heavy (non-hydrogen) atoms. The number of nitrogens with zero attached hydrogens (tertiary/aromatic N) is 1. The molecule has 0 spiro atoms. The first-order chi connectivity index (χ1) is 4.75. The van der Waals surface area contributed by atoms with Crippen molar-refractivity contribution in [3.05, 3.63) is 21.9 Å². The van der Waals surface area contributed by atoms with Gasteiger partial charge < -0.3 is 4.74 Å². The molecule has 4 heteroatoms. The molecule has 0 saturated heterocycles. The summed E-state index contributed by atoms with van der Waals surface area (Å²) in [7, 11) is 1.55. The predicted octanol–water partition coefficient (Wildman–Crippen LogP) is 2.51. The topological polar surface area (TPSA) is 22.1 Å². The van der Waals surface area contributed by atoms with Crippen LogP contribution in [0.5, 0.6) is 5.75 Å². The summed E-state index contributed by atoms with van der Waals surface area (Å²) in [4.78, 5) is 3.86.